The number of carbonyl (C=O) groups is 2. The smallest absolute Gasteiger partial charge is 0.237 e. The minimum absolute atomic E-state index is 0.126. The fourth-order valence-corrected chi connectivity index (χ4v) is 0.798. The van der Waals surface area contributed by atoms with E-state index in [2.05, 4.69) is 5.43 Å². The lowest BCUT2D eigenvalue weighted by Gasteiger charge is -2.20. The largest absolute Gasteiger partial charge is 0.274 e. The molecule has 0 radical (unpaired) electrons. The fraction of sp³-hybridized carbons (Fsp3) is 0.750. The first-order valence-electron chi connectivity index (χ1n) is 4.13. The van der Waals surface area contributed by atoms with Gasteiger partial charge < -0.3 is 0 Å². The second-order valence-corrected chi connectivity index (χ2v) is 2.69. The standard InChI is InChI=1S/C8H16N2O2/c1-4-5-6-10(8(3)12)9-7(2)11/h4-6H2,1-3H3,(H,9,11). The lowest BCUT2D eigenvalue weighted by molar-refractivity contribution is -0.139. The van der Waals surface area contributed by atoms with Crippen molar-refractivity contribution in [3.63, 3.8) is 0 Å². The topological polar surface area (TPSA) is 49.4 Å². The minimum atomic E-state index is -0.207. The molecule has 0 aromatic carbocycles. The summed E-state index contributed by atoms with van der Waals surface area (Å²) in [4.78, 5) is 21.5. The highest BCUT2D eigenvalue weighted by molar-refractivity contribution is 5.79. The molecule has 70 valence electrons. The number of rotatable bonds is 3. The van der Waals surface area contributed by atoms with Crippen molar-refractivity contribution in [3.8, 4) is 0 Å². The summed E-state index contributed by atoms with van der Waals surface area (Å²) >= 11 is 0. The van der Waals surface area contributed by atoms with Gasteiger partial charge in [0.1, 0.15) is 0 Å². The van der Waals surface area contributed by atoms with Crippen LogP contribution in [-0.4, -0.2) is 23.4 Å². The van der Waals surface area contributed by atoms with Crippen molar-refractivity contribution in [2.24, 2.45) is 0 Å². The number of hydrogen-bond acceptors (Lipinski definition) is 2. The molecule has 0 spiro atoms. The van der Waals surface area contributed by atoms with E-state index in [0.717, 1.165) is 12.8 Å². The summed E-state index contributed by atoms with van der Waals surface area (Å²) in [5.41, 5.74) is 2.46. The van der Waals surface area contributed by atoms with Crippen LogP contribution in [0.4, 0.5) is 0 Å². The number of hydrazine groups is 1. The summed E-state index contributed by atoms with van der Waals surface area (Å²) in [7, 11) is 0. The molecule has 0 aliphatic heterocycles. The van der Waals surface area contributed by atoms with Gasteiger partial charge in [0.25, 0.3) is 0 Å². The Hall–Kier alpha value is -1.06. The van der Waals surface area contributed by atoms with Gasteiger partial charge in [-0.1, -0.05) is 13.3 Å². The quantitative estimate of drug-likeness (QED) is 0.636. The Bertz CT molecular complexity index is 168. The average molecular weight is 172 g/mol. The Morgan fingerprint density at radius 1 is 1.33 bits per heavy atom. The van der Waals surface area contributed by atoms with Gasteiger partial charge >= 0.3 is 0 Å². The predicted octanol–water partition coefficient (Wildman–Crippen LogP) is 0.686. The lowest BCUT2D eigenvalue weighted by Crippen LogP contribution is -2.44. The maximum absolute atomic E-state index is 10.9. The van der Waals surface area contributed by atoms with Gasteiger partial charge in [0.15, 0.2) is 0 Å². The first kappa shape index (κ1) is 10.9. The first-order valence-corrected chi connectivity index (χ1v) is 4.13. The van der Waals surface area contributed by atoms with E-state index >= 15 is 0 Å². The molecule has 0 aliphatic rings. The highest BCUT2D eigenvalue weighted by Crippen LogP contribution is 1.91. The lowest BCUT2D eigenvalue weighted by atomic mass is 10.3. The highest BCUT2D eigenvalue weighted by atomic mass is 16.2. The summed E-state index contributed by atoms with van der Waals surface area (Å²) in [5.74, 6) is -0.333. The molecule has 4 nitrogen and oxygen atoms in total. The van der Waals surface area contributed by atoms with Crippen LogP contribution in [-0.2, 0) is 9.59 Å². The van der Waals surface area contributed by atoms with Gasteiger partial charge in [-0.15, -0.1) is 0 Å². The van der Waals surface area contributed by atoms with Gasteiger partial charge in [-0.3, -0.25) is 20.0 Å². The van der Waals surface area contributed by atoms with E-state index < -0.39 is 0 Å². The van der Waals surface area contributed by atoms with Gasteiger partial charge in [0.05, 0.1) is 0 Å². The van der Waals surface area contributed by atoms with E-state index in [0.29, 0.717) is 6.54 Å². The first-order chi connectivity index (χ1) is 5.57. The van der Waals surface area contributed by atoms with E-state index in [-0.39, 0.29) is 11.8 Å². The molecule has 12 heavy (non-hydrogen) atoms. The Morgan fingerprint density at radius 2 is 1.92 bits per heavy atom. The molecule has 0 aliphatic carbocycles. The van der Waals surface area contributed by atoms with Gasteiger partial charge in [-0.25, -0.2) is 0 Å². The molecule has 1 N–H and O–H groups in total. The average Bonchev–Trinajstić information content (AvgIpc) is 1.96. The Kier molecular flexibility index (Phi) is 5.08. The number of nitrogens with one attached hydrogen (secondary N) is 1. The molecule has 2 amide bonds. The van der Waals surface area contributed by atoms with Crippen molar-refractivity contribution in [2.75, 3.05) is 6.54 Å². The molecule has 0 heterocycles. The van der Waals surface area contributed by atoms with Crippen molar-refractivity contribution < 1.29 is 9.59 Å². The SMILES string of the molecule is CCCCN(NC(C)=O)C(C)=O. The van der Waals surface area contributed by atoms with Crippen LogP contribution in [0.1, 0.15) is 33.6 Å². The van der Waals surface area contributed by atoms with Crippen LogP contribution in [0, 0.1) is 0 Å². The molecule has 0 saturated carbocycles. The van der Waals surface area contributed by atoms with E-state index in [9.17, 15) is 9.59 Å². The third kappa shape index (κ3) is 4.71. The number of amides is 2. The Balaban J connectivity index is 3.87. The highest BCUT2D eigenvalue weighted by Gasteiger charge is 2.07. The second-order valence-electron chi connectivity index (χ2n) is 2.69. The monoisotopic (exact) mass is 172 g/mol. The van der Waals surface area contributed by atoms with Crippen LogP contribution >= 0.6 is 0 Å². The van der Waals surface area contributed by atoms with Crippen LogP contribution in [0.2, 0.25) is 0 Å². The number of nitrogens with zero attached hydrogens (tertiary/aromatic N) is 1. The summed E-state index contributed by atoms with van der Waals surface area (Å²) in [6, 6.07) is 0. The van der Waals surface area contributed by atoms with Gasteiger partial charge in [0.2, 0.25) is 11.8 Å². The molecule has 0 aromatic heterocycles. The zero-order valence-electron chi connectivity index (χ0n) is 7.89. The zero-order chi connectivity index (χ0) is 9.56. The summed E-state index contributed by atoms with van der Waals surface area (Å²) in [5, 5.41) is 1.34. The van der Waals surface area contributed by atoms with Gasteiger partial charge in [-0.05, 0) is 6.42 Å². The molecule has 4 heteroatoms. The number of hydrogen-bond donors (Lipinski definition) is 1. The van der Waals surface area contributed by atoms with Crippen LogP contribution in [0.15, 0.2) is 0 Å². The Labute approximate surface area is 72.9 Å². The normalized spacial score (nSPS) is 9.25. The molecule has 0 fully saturated rings. The maximum Gasteiger partial charge on any atom is 0.237 e. The zero-order valence-corrected chi connectivity index (χ0v) is 7.89. The molecule has 0 atom stereocenters. The molecular weight excluding hydrogens is 156 g/mol. The summed E-state index contributed by atoms with van der Waals surface area (Å²) in [6.45, 7) is 5.45. The van der Waals surface area contributed by atoms with Crippen molar-refractivity contribution >= 4 is 11.8 Å². The second kappa shape index (κ2) is 5.57. The maximum atomic E-state index is 10.9. The molecule has 0 aromatic rings. The molecule has 0 bridgehead atoms. The van der Waals surface area contributed by atoms with E-state index in [1.54, 1.807) is 0 Å². The van der Waals surface area contributed by atoms with Crippen molar-refractivity contribution in [1.29, 1.82) is 0 Å². The summed E-state index contributed by atoms with van der Waals surface area (Å²) < 4.78 is 0. The van der Waals surface area contributed by atoms with Crippen molar-refractivity contribution in [3.05, 3.63) is 0 Å². The van der Waals surface area contributed by atoms with E-state index in [1.165, 1.54) is 18.9 Å². The van der Waals surface area contributed by atoms with E-state index in [1.807, 2.05) is 6.92 Å². The van der Waals surface area contributed by atoms with Crippen molar-refractivity contribution in [1.82, 2.24) is 10.4 Å². The van der Waals surface area contributed by atoms with Crippen LogP contribution in [0.25, 0.3) is 0 Å². The fourth-order valence-electron chi connectivity index (χ4n) is 0.798. The molecular formula is C8H16N2O2. The molecule has 0 rings (SSSR count). The van der Waals surface area contributed by atoms with Crippen LogP contribution < -0.4 is 5.43 Å². The van der Waals surface area contributed by atoms with E-state index in [4.69, 9.17) is 0 Å². The third-order valence-electron chi connectivity index (χ3n) is 1.41. The van der Waals surface area contributed by atoms with Crippen LogP contribution in [0.5, 0.6) is 0 Å². The van der Waals surface area contributed by atoms with Crippen molar-refractivity contribution in [2.45, 2.75) is 33.6 Å². The third-order valence-corrected chi connectivity index (χ3v) is 1.41. The Morgan fingerprint density at radius 3 is 2.25 bits per heavy atom. The van der Waals surface area contributed by atoms with Gasteiger partial charge in [-0.2, -0.15) is 0 Å². The van der Waals surface area contributed by atoms with Gasteiger partial charge in [0, 0.05) is 20.4 Å². The number of carbonyl (C=O) groups excluding carboxylic acids is 2. The molecule has 0 unspecified atom stereocenters. The molecule has 0 saturated heterocycles. The van der Waals surface area contributed by atoms with Crippen LogP contribution in [0.3, 0.4) is 0 Å². The summed E-state index contributed by atoms with van der Waals surface area (Å²) in [6.07, 6.45) is 1.91. The minimum Gasteiger partial charge on any atom is -0.274 e. The number of unbranched alkanes of at least 4 members (excludes halogenated alkanes) is 1. The predicted molar refractivity (Wildman–Crippen MR) is 46.1 cm³/mol.